The Morgan fingerprint density at radius 2 is 1.69 bits per heavy atom. The van der Waals surface area contributed by atoms with Crippen molar-refractivity contribution in [3.63, 3.8) is 0 Å². The van der Waals surface area contributed by atoms with Crippen LogP contribution >= 0.6 is 11.8 Å². The number of carbonyl (C=O) groups excluding carboxylic acids is 1. The third kappa shape index (κ3) is 4.46. The summed E-state index contributed by atoms with van der Waals surface area (Å²) in [5.74, 6) is 0.174. The molecule has 1 aromatic heterocycles. The van der Waals surface area contributed by atoms with Crippen LogP contribution in [0, 0.1) is 13.8 Å². The number of nitrogens with zero attached hydrogens (tertiary/aromatic N) is 3. The zero-order valence-corrected chi connectivity index (χ0v) is 19.2. The zero-order valence-electron chi connectivity index (χ0n) is 18.4. The highest BCUT2D eigenvalue weighted by Crippen LogP contribution is 2.24. The van der Waals surface area contributed by atoms with E-state index in [0.717, 1.165) is 22.4 Å². The molecule has 0 spiro atoms. The lowest BCUT2D eigenvalue weighted by molar-refractivity contribution is -0.127. The Balaban J connectivity index is 1.68. The third-order valence-electron chi connectivity index (χ3n) is 5.57. The summed E-state index contributed by atoms with van der Waals surface area (Å²) in [5, 5.41) is 1.08. The number of rotatable bonds is 6. The fourth-order valence-corrected chi connectivity index (χ4v) is 4.53. The van der Waals surface area contributed by atoms with Gasteiger partial charge in [-0.25, -0.2) is 4.98 Å². The molecule has 32 heavy (non-hydrogen) atoms. The molecule has 0 unspecified atom stereocenters. The predicted octanol–water partition coefficient (Wildman–Crippen LogP) is 4.75. The van der Waals surface area contributed by atoms with Crippen LogP contribution in [0.5, 0.6) is 0 Å². The number of thioether (sulfide) groups is 1. The second-order valence-electron chi connectivity index (χ2n) is 7.80. The molecular weight excluding hydrogens is 418 g/mol. The summed E-state index contributed by atoms with van der Waals surface area (Å²) in [6.45, 7) is 4.56. The summed E-state index contributed by atoms with van der Waals surface area (Å²) in [5.41, 5.74) is 4.48. The largest absolute Gasteiger partial charge is 0.341 e. The van der Waals surface area contributed by atoms with Gasteiger partial charge in [-0.05, 0) is 48.7 Å². The first-order valence-electron chi connectivity index (χ1n) is 10.4. The first kappa shape index (κ1) is 21.8. The minimum atomic E-state index is -0.128. The maximum absolute atomic E-state index is 13.4. The summed E-state index contributed by atoms with van der Waals surface area (Å²) in [6.07, 6.45) is 0. The Morgan fingerprint density at radius 1 is 0.969 bits per heavy atom. The lowest BCUT2D eigenvalue weighted by atomic mass is 10.1. The smallest absolute Gasteiger partial charge is 0.266 e. The SMILES string of the molecule is Cc1cccc(-n2c(SCC(=O)N(C)Cc3ccccc3)nc3ccccc3c2=O)c1C. The molecule has 0 aliphatic rings. The fourth-order valence-electron chi connectivity index (χ4n) is 3.58. The average Bonchev–Trinajstić information content (AvgIpc) is 2.80. The summed E-state index contributed by atoms with van der Waals surface area (Å²) in [6, 6.07) is 23.1. The molecule has 0 saturated carbocycles. The molecule has 162 valence electrons. The number of benzene rings is 3. The first-order valence-corrected chi connectivity index (χ1v) is 11.4. The van der Waals surface area contributed by atoms with Crippen LogP contribution in [-0.4, -0.2) is 33.2 Å². The zero-order chi connectivity index (χ0) is 22.7. The number of amides is 1. The molecule has 1 heterocycles. The van der Waals surface area contributed by atoms with Crippen molar-refractivity contribution in [3.8, 4) is 5.69 Å². The lowest BCUT2D eigenvalue weighted by Crippen LogP contribution is -2.28. The van der Waals surface area contributed by atoms with Gasteiger partial charge >= 0.3 is 0 Å². The van der Waals surface area contributed by atoms with Gasteiger partial charge in [0.25, 0.3) is 5.56 Å². The van der Waals surface area contributed by atoms with E-state index in [1.54, 1.807) is 22.6 Å². The van der Waals surface area contributed by atoms with Crippen LogP contribution in [0.15, 0.2) is 82.7 Å². The van der Waals surface area contributed by atoms with Crippen molar-refractivity contribution < 1.29 is 4.79 Å². The standard InChI is InChI=1S/C26H25N3O2S/c1-18-10-9-15-23(19(18)2)29-25(31)21-13-7-8-14-22(21)27-26(29)32-17-24(30)28(3)16-20-11-5-4-6-12-20/h4-15H,16-17H2,1-3H3. The maximum atomic E-state index is 13.4. The van der Waals surface area contributed by atoms with Gasteiger partial charge in [-0.15, -0.1) is 0 Å². The molecule has 0 bridgehead atoms. The molecule has 0 N–H and O–H groups in total. The van der Waals surface area contributed by atoms with E-state index in [9.17, 15) is 9.59 Å². The van der Waals surface area contributed by atoms with Gasteiger partial charge in [-0.3, -0.25) is 14.2 Å². The molecular formula is C26H25N3O2S. The number of hydrogen-bond donors (Lipinski definition) is 0. The first-order chi connectivity index (χ1) is 15.5. The number of carbonyl (C=O) groups is 1. The Bertz CT molecular complexity index is 1330. The Morgan fingerprint density at radius 3 is 2.47 bits per heavy atom. The van der Waals surface area contributed by atoms with Gasteiger partial charge < -0.3 is 4.90 Å². The topological polar surface area (TPSA) is 55.2 Å². The molecule has 0 fully saturated rings. The number of fused-ring (bicyclic) bond motifs is 1. The Hall–Kier alpha value is -3.38. The molecule has 4 aromatic rings. The van der Waals surface area contributed by atoms with E-state index >= 15 is 0 Å². The molecule has 0 aliphatic heterocycles. The minimum Gasteiger partial charge on any atom is -0.341 e. The van der Waals surface area contributed by atoms with Gasteiger partial charge in [-0.2, -0.15) is 0 Å². The van der Waals surface area contributed by atoms with Crippen LogP contribution in [0.2, 0.25) is 0 Å². The minimum absolute atomic E-state index is 0.0197. The molecule has 1 amide bonds. The highest BCUT2D eigenvalue weighted by atomic mass is 32.2. The van der Waals surface area contributed by atoms with E-state index in [-0.39, 0.29) is 17.2 Å². The van der Waals surface area contributed by atoms with Gasteiger partial charge in [0.15, 0.2) is 5.16 Å². The number of aryl methyl sites for hydroxylation is 1. The van der Waals surface area contributed by atoms with Crippen molar-refractivity contribution in [2.24, 2.45) is 0 Å². The Kier molecular flexibility index (Phi) is 6.42. The number of hydrogen-bond acceptors (Lipinski definition) is 4. The van der Waals surface area contributed by atoms with Crippen molar-refractivity contribution in [2.75, 3.05) is 12.8 Å². The summed E-state index contributed by atoms with van der Waals surface area (Å²) in [4.78, 5) is 32.7. The van der Waals surface area contributed by atoms with Crippen LogP contribution in [0.1, 0.15) is 16.7 Å². The number of para-hydroxylation sites is 1. The van der Waals surface area contributed by atoms with Crippen molar-refractivity contribution in [1.82, 2.24) is 14.5 Å². The normalized spacial score (nSPS) is 11.0. The second-order valence-corrected chi connectivity index (χ2v) is 8.74. The van der Waals surface area contributed by atoms with Gasteiger partial charge in [-0.1, -0.05) is 66.4 Å². The van der Waals surface area contributed by atoms with Crippen molar-refractivity contribution in [3.05, 3.63) is 99.8 Å². The van der Waals surface area contributed by atoms with Crippen molar-refractivity contribution in [1.29, 1.82) is 0 Å². The lowest BCUT2D eigenvalue weighted by Gasteiger charge is -2.19. The van der Waals surface area contributed by atoms with Crippen LogP contribution in [0.25, 0.3) is 16.6 Å². The second kappa shape index (κ2) is 9.40. The van der Waals surface area contributed by atoms with E-state index in [0.29, 0.717) is 22.6 Å². The van der Waals surface area contributed by atoms with E-state index in [1.807, 2.05) is 80.6 Å². The van der Waals surface area contributed by atoms with Gasteiger partial charge in [0.05, 0.1) is 22.3 Å². The molecule has 6 heteroatoms. The van der Waals surface area contributed by atoms with E-state index in [1.165, 1.54) is 11.8 Å². The molecule has 0 atom stereocenters. The average molecular weight is 444 g/mol. The van der Waals surface area contributed by atoms with Gasteiger partial charge in [0.1, 0.15) is 0 Å². The van der Waals surface area contributed by atoms with Crippen LogP contribution < -0.4 is 5.56 Å². The monoisotopic (exact) mass is 443 g/mol. The maximum Gasteiger partial charge on any atom is 0.266 e. The third-order valence-corrected chi connectivity index (χ3v) is 6.50. The van der Waals surface area contributed by atoms with E-state index in [2.05, 4.69) is 0 Å². The molecule has 0 saturated heterocycles. The summed E-state index contributed by atoms with van der Waals surface area (Å²) in [7, 11) is 1.79. The van der Waals surface area contributed by atoms with E-state index < -0.39 is 0 Å². The molecule has 0 radical (unpaired) electrons. The van der Waals surface area contributed by atoms with Crippen LogP contribution in [0.3, 0.4) is 0 Å². The Labute approximate surface area is 191 Å². The van der Waals surface area contributed by atoms with Crippen molar-refractivity contribution >= 4 is 28.6 Å². The molecule has 4 rings (SSSR count). The summed E-state index contributed by atoms with van der Waals surface area (Å²) >= 11 is 1.29. The van der Waals surface area contributed by atoms with Crippen LogP contribution in [0.4, 0.5) is 0 Å². The highest BCUT2D eigenvalue weighted by Gasteiger charge is 2.18. The quantitative estimate of drug-likeness (QED) is 0.319. The predicted molar refractivity (Wildman–Crippen MR) is 130 cm³/mol. The summed E-state index contributed by atoms with van der Waals surface area (Å²) < 4.78 is 1.64. The van der Waals surface area contributed by atoms with Gasteiger partial charge in [0, 0.05) is 13.6 Å². The molecule has 0 aliphatic carbocycles. The fraction of sp³-hybridized carbons (Fsp3) is 0.192. The van der Waals surface area contributed by atoms with Gasteiger partial charge in [0.2, 0.25) is 5.91 Å². The number of aromatic nitrogens is 2. The molecule has 3 aromatic carbocycles. The van der Waals surface area contributed by atoms with E-state index in [4.69, 9.17) is 4.98 Å². The highest BCUT2D eigenvalue weighted by molar-refractivity contribution is 7.99. The van der Waals surface area contributed by atoms with Crippen LogP contribution in [-0.2, 0) is 11.3 Å². The molecule has 5 nitrogen and oxygen atoms in total. The van der Waals surface area contributed by atoms with Crippen molar-refractivity contribution in [2.45, 2.75) is 25.5 Å².